The summed E-state index contributed by atoms with van der Waals surface area (Å²) < 4.78 is 10.7. The lowest BCUT2D eigenvalue weighted by atomic mass is 10.1. The first-order valence-corrected chi connectivity index (χ1v) is 10.1. The number of aromatic amines is 1. The lowest BCUT2D eigenvalue weighted by Gasteiger charge is -2.08. The molecule has 2 N–H and O–H groups in total. The topological polar surface area (TPSA) is 59.2 Å². The summed E-state index contributed by atoms with van der Waals surface area (Å²) in [6.07, 6.45) is 2.92. The van der Waals surface area contributed by atoms with Crippen LogP contribution in [0.3, 0.4) is 0 Å². The number of H-pyrrole nitrogens is 1. The van der Waals surface area contributed by atoms with Gasteiger partial charge in [0, 0.05) is 45.7 Å². The number of nitrogens with zero attached hydrogens (tertiary/aromatic N) is 1. The van der Waals surface area contributed by atoms with Gasteiger partial charge in [0.05, 0.1) is 19.9 Å². The summed E-state index contributed by atoms with van der Waals surface area (Å²) in [7, 11) is 3.29. The van der Waals surface area contributed by atoms with Gasteiger partial charge in [-0.2, -0.15) is 0 Å². The van der Waals surface area contributed by atoms with Crippen LogP contribution in [0.2, 0.25) is 5.02 Å². The van der Waals surface area contributed by atoms with Crippen LogP contribution in [-0.2, 0) is 6.42 Å². The smallest absolute Gasteiger partial charge is 0.183 e. The molecule has 0 aliphatic carbocycles. The van der Waals surface area contributed by atoms with Gasteiger partial charge in [0.2, 0.25) is 0 Å². The zero-order valence-corrected chi connectivity index (χ0v) is 19.3. The molecule has 0 amide bonds. The molecule has 152 valence electrons. The SMILES string of the molecule is Br.COc1ccc(-c2csc(NCCc3c[nH]c4ccc(Cl)cc34)n2)c(OC)c1. The van der Waals surface area contributed by atoms with E-state index in [0.29, 0.717) is 0 Å². The highest BCUT2D eigenvalue weighted by Crippen LogP contribution is 2.34. The molecule has 4 rings (SSSR count). The minimum Gasteiger partial charge on any atom is -0.497 e. The van der Waals surface area contributed by atoms with Crippen molar-refractivity contribution in [1.29, 1.82) is 0 Å². The first-order chi connectivity index (χ1) is 13.7. The number of fused-ring (bicyclic) bond motifs is 1. The molecule has 29 heavy (non-hydrogen) atoms. The maximum atomic E-state index is 6.13. The van der Waals surface area contributed by atoms with Gasteiger partial charge in [-0.15, -0.1) is 28.3 Å². The van der Waals surface area contributed by atoms with E-state index >= 15 is 0 Å². The number of ether oxygens (including phenoxy) is 2. The largest absolute Gasteiger partial charge is 0.497 e. The van der Waals surface area contributed by atoms with Gasteiger partial charge in [-0.1, -0.05) is 11.6 Å². The van der Waals surface area contributed by atoms with Crippen molar-refractivity contribution in [2.75, 3.05) is 26.1 Å². The van der Waals surface area contributed by atoms with Gasteiger partial charge in [0.25, 0.3) is 0 Å². The summed E-state index contributed by atoms with van der Waals surface area (Å²) in [5.41, 5.74) is 4.16. The van der Waals surface area contributed by atoms with Crippen molar-refractivity contribution in [1.82, 2.24) is 9.97 Å². The van der Waals surface area contributed by atoms with Crippen LogP contribution in [-0.4, -0.2) is 30.7 Å². The second-order valence-corrected chi connectivity index (χ2v) is 7.58. The van der Waals surface area contributed by atoms with E-state index < -0.39 is 0 Å². The van der Waals surface area contributed by atoms with Crippen molar-refractivity contribution in [2.24, 2.45) is 0 Å². The molecule has 2 aromatic carbocycles. The second kappa shape index (κ2) is 9.52. The summed E-state index contributed by atoms with van der Waals surface area (Å²) >= 11 is 7.71. The Morgan fingerprint density at radius 1 is 1.14 bits per heavy atom. The van der Waals surface area contributed by atoms with Crippen molar-refractivity contribution < 1.29 is 9.47 Å². The first-order valence-electron chi connectivity index (χ1n) is 8.85. The average Bonchev–Trinajstić information content (AvgIpc) is 3.34. The lowest BCUT2D eigenvalue weighted by molar-refractivity contribution is 0.395. The fourth-order valence-corrected chi connectivity index (χ4v) is 4.06. The number of halogens is 2. The summed E-state index contributed by atoms with van der Waals surface area (Å²) in [6.45, 7) is 0.784. The quantitative estimate of drug-likeness (QED) is 0.321. The van der Waals surface area contributed by atoms with Crippen LogP contribution in [0, 0.1) is 0 Å². The van der Waals surface area contributed by atoms with E-state index in [1.165, 1.54) is 5.56 Å². The number of hydrogen-bond donors (Lipinski definition) is 2. The standard InChI is InChI=1S/C21H20ClN3O2S.BrH/c1-26-15-4-5-16(20(10-15)27-2)19-12-28-21(25-19)23-8-7-13-11-24-18-6-3-14(22)9-17(13)18;/h3-6,9-12,24H,7-8H2,1-2H3,(H,23,25);1H. The first kappa shape index (κ1) is 21.5. The molecule has 5 nitrogen and oxygen atoms in total. The lowest BCUT2D eigenvalue weighted by Crippen LogP contribution is -2.04. The zero-order valence-electron chi connectivity index (χ0n) is 16.0. The van der Waals surface area contributed by atoms with Gasteiger partial charge in [-0.05, 0) is 42.3 Å². The number of anilines is 1. The van der Waals surface area contributed by atoms with Gasteiger partial charge < -0.3 is 19.8 Å². The minimum atomic E-state index is 0. The van der Waals surface area contributed by atoms with Gasteiger partial charge in [-0.25, -0.2) is 4.98 Å². The van der Waals surface area contributed by atoms with Crippen LogP contribution in [0.15, 0.2) is 48.0 Å². The minimum absolute atomic E-state index is 0. The van der Waals surface area contributed by atoms with Crippen molar-refractivity contribution in [3.63, 3.8) is 0 Å². The molecule has 0 bridgehead atoms. The monoisotopic (exact) mass is 493 g/mol. The highest BCUT2D eigenvalue weighted by molar-refractivity contribution is 8.93. The Hall–Kier alpha value is -2.22. The van der Waals surface area contributed by atoms with Crippen molar-refractivity contribution in [2.45, 2.75) is 6.42 Å². The molecule has 8 heteroatoms. The Morgan fingerprint density at radius 3 is 2.79 bits per heavy atom. The molecule has 0 aliphatic rings. The van der Waals surface area contributed by atoms with Crippen molar-refractivity contribution >= 4 is 56.0 Å². The van der Waals surface area contributed by atoms with E-state index in [1.54, 1.807) is 25.6 Å². The number of nitrogens with one attached hydrogen (secondary N) is 2. The van der Waals surface area contributed by atoms with E-state index in [2.05, 4.69) is 10.3 Å². The average molecular weight is 495 g/mol. The molecule has 2 aromatic heterocycles. The normalized spacial score (nSPS) is 10.6. The molecular formula is C21H21BrClN3O2S. The fourth-order valence-electron chi connectivity index (χ4n) is 3.15. The molecule has 4 aromatic rings. The van der Waals surface area contributed by atoms with Crippen LogP contribution in [0.25, 0.3) is 22.2 Å². The van der Waals surface area contributed by atoms with Crippen LogP contribution >= 0.6 is 39.9 Å². The number of thiazole rings is 1. The van der Waals surface area contributed by atoms with E-state index in [0.717, 1.165) is 56.8 Å². The Morgan fingerprint density at radius 2 is 2.00 bits per heavy atom. The molecule has 0 atom stereocenters. The van der Waals surface area contributed by atoms with E-state index in [1.807, 2.05) is 48.0 Å². The van der Waals surface area contributed by atoms with Crippen LogP contribution in [0.4, 0.5) is 5.13 Å². The molecule has 0 saturated carbocycles. The Kier molecular flexibility index (Phi) is 7.05. The Bertz CT molecular complexity index is 1110. The van der Waals surface area contributed by atoms with Crippen LogP contribution in [0.1, 0.15) is 5.56 Å². The van der Waals surface area contributed by atoms with Crippen LogP contribution < -0.4 is 14.8 Å². The molecule has 0 unspecified atom stereocenters. The third-order valence-corrected chi connectivity index (χ3v) is 5.62. The second-order valence-electron chi connectivity index (χ2n) is 6.28. The molecule has 0 fully saturated rings. The summed E-state index contributed by atoms with van der Waals surface area (Å²) in [5, 5.41) is 8.23. The Balaban J connectivity index is 0.00000240. The number of methoxy groups -OCH3 is 2. The predicted octanol–water partition coefficient (Wildman–Crippen LogP) is 6.19. The third kappa shape index (κ3) is 4.69. The zero-order chi connectivity index (χ0) is 19.5. The summed E-state index contributed by atoms with van der Waals surface area (Å²) in [4.78, 5) is 7.99. The molecular weight excluding hydrogens is 474 g/mol. The van der Waals surface area contributed by atoms with E-state index in [4.69, 9.17) is 26.1 Å². The predicted molar refractivity (Wildman–Crippen MR) is 126 cm³/mol. The van der Waals surface area contributed by atoms with Gasteiger partial charge in [0.1, 0.15) is 11.5 Å². The van der Waals surface area contributed by atoms with Gasteiger partial charge in [0.15, 0.2) is 5.13 Å². The number of aromatic nitrogens is 2. The molecule has 0 aliphatic heterocycles. The third-order valence-electron chi connectivity index (χ3n) is 4.59. The molecule has 0 spiro atoms. The van der Waals surface area contributed by atoms with Crippen LogP contribution in [0.5, 0.6) is 11.5 Å². The van der Waals surface area contributed by atoms with E-state index in [-0.39, 0.29) is 17.0 Å². The number of benzene rings is 2. The molecule has 0 radical (unpaired) electrons. The highest BCUT2D eigenvalue weighted by atomic mass is 79.9. The summed E-state index contributed by atoms with van der Waals surface area (Å²) in [5.74, 6) is 1.50. The summed E-state index contributed by atoms with van der Waals surface area (Å²) in [6, 6.07) is 11.6. The Labute approximate surface area is 188 Å². The number of hydrogen-bond acceptors (Lipinski definition) is 5. The molecule has 0 saturated heterocycles. The highest BCUT2D eigenvalue weighted by Gasteiger charge is 2.11. The van der Waals surface area contributed by atoms with E-state index in [9.17, 15) is 0 Å². The maximum Gasteiger partial charge on any atom is 0.183 e. The molecule has 2 heterocycles. The van der Waals surface area contributed by atoms with Gasteiger partial charge >= 0.3 is 0 Å². The fraction of sp³-hybridized carbons (Fsp3) is 0.190. The van der Waals surface area contributed by atoms with Crippen molar-refractivity contribution in [3.8, 4) is 22.8 Å². The maximum absolute atomic E-state index is 6.13. The van der Waals surface area contributed by atoms with Gasteiger partial charge in [-0.3, -0.25) is 0 Å². The van der Waals surface area contributed by atoms with Crippen molar-refractivity contribution in [3.05, 3.63) is 58.6 Å². The number of rotatable bonds is 7.